The van der Waals surface area contributed by atoms with Crippen LogP contribution in [0.15, 0.2) is 30.3 Å². The predicted octanol–water partition coefficient (Wildman–Crippen LogP) is 4.36. The molecule has 20 heavy (non-hydrogen) atoms. The van der Waals surface area contributed by atoms with Gasteiger partial charge < -0.3 is 4.90 Å². The summed E-state index contributed by atoms with van der Waals surface area (Å²) in [6.45, 7) is 0.968. The van der Waals surface area contributed by atoms with Gasteiger partial charge in [-0.2, -0.15) is 13.2 Å². The molecule has 108 valence electrons. The molecule has 1 aromatic carbocycles. The molecule has 0 radical (unpaired) electrons. The molecule has 0 unspecified atom stereocenters. The van der Waals surface area contributed by atoms with Crippen LogP contribution in [0, 0.1) is 0 Å². The first-order valence-electron chi connectivity index (χ1n) is 6.21. The summed E-state index contributed by atoms with van der Waals surface area (Å²) >= 11 is 5.78. The largest absolute Gasteiger partial charge is 0.405 e. The summed E-state index contributed by atoms with van der Waals surface area (Å²) in [5, 5.41) is 0.701. The van der Waals surface area contributed by atoms with Crippen molar-refractivity contribution in [1.82, 2.24) is 4.98 Å². The SMILES string of the molecule is CCN(CC(F)(F)F)c1cc(CCl)nc2ccccc12. The average molecular weight is 303 g/mol. The maximum Gasteiger partial charge on any atom is 0.405 e. The van der Waals surface area contributed by atoms with Crippen molar-refractivity contribution in [3.8, 4) is 0 Å². The van der Waals surface area contributed by atoms with Crippen molar-refractivity contribution in [2.24, 2.45) is 0 Å². The van der Waals surface area contributed by atoms with E-state index in [1.165, 1.54) is 4.90 Å². The fraction of sp³-hybridized carbons (Fsp3) is 0.357. The van der Waals surface area contributed by atoms with Gasteiger partial charge in [-0.05, 0) is 19.1 Å². The van der Waals surface area contributed by atoms with Gasteiger partial charge in [-0.15, -0.1) is 11.6 Å². The fourth-order valence-corrected chi connectivity index (χ4v) is 2.26. The van der Waals surface area contributed by atoms with Gasteiger partial charge in [0, 0.05) is 17.6 Å². The Bertz CT molecular complexity index is 598. The lowest BCUT2D eigenvalue weighted by Gasteiger charge is -2.26. The first-order chi connectivity index (χ1) is 9.44. The van der Waals surface area contributed by atoms with Gasteiger partial charge in [-0.25, -0.2) is 0 Å². The van der Waals surface area contributed by atoms with Crippen molar-refractivity contribution >= 4 is 28.2 Å². The van der Waals surface area contributed by atoms with E-state index in [1.807, 2.05) is 0 Å². The zero-order valence-corrected chi connectivity index (χ0v) is 11.7. The molecule has 0 aliphatic carbocycles. The third-order valence-corrected chi connectivity index (χ3v) is 3.25. The predicted molar refractivity (Wildman–Crippen MR) is 75.2 cm³/mol. The van der Waals surface area contributed by atoms with Crippen LogP contribution in [-0.2, 0) is 5.88 Å². The zero-order valence-electron chi connectivity index (χ0n) is 10.9. The molecule has 0 N–H and O–H groups in total. The smallest absolute Gasteiger partial charge is 0.362 e. The summed E-state index contributed by atoms with van der Waals surface area (Å²) in [7, 11) is 0. The molecule has 0 spiro atoms. The first kappa shape index (κ1) is 14.9. The topological polar surface area (TPSA) is 16.1 Å². The molecule has 0 aliphatic heterocycles. The number of pyridine rings is 1. The van der Waals surface area contributed by atoms with Crippen molar-refractivity contribution in [2.45, 2.75) is 19.0 Å². The van der Waals surface area contributed by atoms with Gasteiger partial charge in [0.05, 0.1) is 17.1 Å². The lowest BCUT2D eigenvalue weighted by atomic mass is 10.1. The van der Waals surface area contributed by atoms with Crippen molar-refractivity contribution in [3.63, 3.8) is 0 Å². The lowest BCUT2D eigenvalue weighted by molar-refractivity contribution is -0.119. The van der Waals surface area contributed by atoms with E-state index in [1.54, 1.807) is 37.3 Å². The van der Waals surface area contributed by atoms with Gasteiger partial charge in [0.2, 0.25) is 0 Å². The molecule has 1 aromatic heterocycles. The highest BCUT2D eigenvalue weighted by atomic mass is 35.5. The Morgan fingerprint density at radius 2 is 1.95 bits per heavy atom. The van der Waals surface area contributed by atoms with Crippen molar-refractivity contribution < 1.29 is 13.2 Å². The minimum absolute atomic E-state index is 0.168. The summed E-state index contributed by atoms with van der Waals surface area (Å²) in [6, 6.07) is 8.77. The number of anilines is 1. The van der Waals surface area contributed by atoms with Gasteiger partial charge in [-0.1, -0.05) is 18.2 Å². The number of halogens is 4. The molecule has 6 heteroatoms. The Hall–Kier alpha value is -1.49. The van der Waals surface area contributed by atoms with Crippen LogP contribution in [0.2, 0.25) is 0 Å². The highest BCUT2D eigenvalue weighted by Gasteiger charge is 2.31. The molecule has 2 rings (SSSR count). The molecule has 0 saturated heterocycles. The van der Waals surface area contributed by atoms with Crippen LogP contribution in [-0.4, -0.2) is 24.2 Å². The molecule has 2 nitrogen and oxygen atoms in total. The number of rotatable bonds is 4. The minimum atomic E-state index is -4.25. The Balaban J connectivity index is 2.55. The Kier molecular flexibility index (Phi) is 4.38. The fourth-order valence-electron chi connectivity index (χ4n) is 2.12. The van der Waals surface area contributed by atoms with Crippen molar-refractivity contribution in [3.05, 3.63) is 36.0 Å². The van der Waals surface area contributed by atoms with Gasteiger partial charge >= 0.3 is 6.18 Å². The first-order valence-corrected chi connectivity index (χ1v) is 6.74. The van der Waals surface area contributed by atoms with E-state index in [4.69, 9.17) is 11.6 Å². The third kappa shape index (κ3) is 3.33. The molecule has 0 aliphatic rings. The van der Waals surface area contributed by atoms with Crippen LogP contribution in [0.3, 0.4) is 0 Å². The molecule has 0 bridgehead atoms. The van der Waals surface area contributed by atoms with Gasteiger partial charge in [0.25, 0.3) is 0 Å². The van der Waals surface area contributed by atoms with Crippen LogP contribution in [0.25, 0.3) is 10.9 Å². The number of alkyl halides is 4. The second-order valence-electron chi connectivity index (χ2n) is 4.41. The molecule has 0 atom stereocenters. The summed E-state index contributed by atoms with van der Waals surface area (Å²) in [6.07, 6.45) is -4.25. The number of benzene rings is 1. The Morgan fingerprint density at radius 3 is 2.55 bits per heavy atom. The van der Waals surface area contributed by atoms with Crippen LogP contribution >= 0.6 is 11.6 Å². The standard InChI is InChI=1S/C14H14ClF3N2/c1-2-20(9-14(16,17)18)13-7-10(8-15)19-12-6-4-3-5-11(12)13/h3-7H,2,8-9H2,1H3. The van der Waals surface area contributed by atoms with Crippen LogP contribution in [0.5, 0.6) is 0 Å². The van der Waals surface area contributed by atoms with E-state index in [-0.39, 0.29) is 12.4 Å². The van der Waals surface area contributed by atoms with E-state index in [0.717, 1.165) is 0 Å². The number of fused-ring (bicyclic) bond motifs is 1. The summed E-state index contributed by atoms with van der Waals surface area (Å²) < 4.78 is 38.0. The minimum Gasteiger partial charge on any atom is -0.362 e. The maximum atomic E-state index is 12.7. The lowest BCUT2D eigenvalue weighted by Crippen LogP contribution is -2.34. The highest BCUT2D eigenvalue weighted by molar-refractivity contribution is 6.17. The quantitative estimate of drug-likeness (QED) is 0.780. The van der Waals surface area contributed by atoms with E-state index in [0.29, 0.717) is 22.3 Å². The summed E-state index contributed by atoms with van der Waals surface area (Å²) in [4.78, 5) is 5.62. The number of hydrogen-bond acceptors (Lipinski definition) is 2. The monoisotopic (exact) mass is 302 g/mol. The van der Waals surface area contributed by atoms with Gasteiger partial charge in [-0.3, -0.25) is 4.98 Å². The second kappa shape index (κ2) is 5.87. The molecule has 0 amide bonds. The Morgan fingerprint density at radius 1 is 1.25 bits per heavy atom. The van der Waals surface area contributed by atoms with Crippen molar-refractivity contribution in [1.29, 1.82) is 0 Å². The maximum absolute atomic E-state index is 12.7. The van der Waals surface area contributed by atoms with E-state index >= 15 is 0 Å². The van der Waals surface area contributed by atoms with E-state index in [9.17, 15) is 13.2 Å². The molecular formula is C14H14ClF3N2. The van der Waals surface area contributed by atoms with Crippen LogP contribution in [0.4, 0.5) is 18.9 Å². The molecule has 2 aromatic rings. The number of para-hydroxylation sites is 1. The molecular weight excluding hydrogens is 289 g/mol. The normalized spacial score (nSPS) is 11.8. The number of nitrogens with zero attached hydrogens (tertiary/aromatic N) is 2. The molecule has 0 saturated carbocycles. The van der Waals surface area contributed by atoms with E-state index < -0.39 is 12.7 Å². The molecule has 0 fully saturated rings. The van der Waals surface area contributed by atoms with E-state index in [2.05, 4.69) is 4.98 Å². The summed E-state index contributed by atoms with van der Waals surface area (Å²) in [5.41, 5.74) is 1.74. The number of hydrogen-bond donors (Lipinski definition) is 0. The number of aromatic nitrogens is 1. The van der Waals surface area contributed by atoms with Crippen molar-refractivity contribution in [2.75, 3.05) is 18.0 Å². The average Bonchev–Trinajstić information content (AvgIpc) is 2.42. The highest BCUT2D eigenvalue weighted by Crippen LogP contribution is 2.29. The molecule has 1 heterocycles. The summed E-state index contributed by atoms with van der Waals surface area (Å²) in [5.74, 6) is 0.168. The van der Waals surface area contributed by atoms with Crippen LogP contribution in [0.1, 0.15) is 12.6 Å². The van der Waals surface area contributed by atoms with Gasteiger partial charge in [0.1, 0.15) is 6.54 Å². The third-order valence-electron chi connectivity index (χ3n) is 2.98. The second-order valence-corrected chi connectivity index (χ2v) is 4.68. The van der Waals surface area contributed by atoms with Gasteiger partial charge in [0.15, 0.2) is 0 Å². The Labute approximate surface area is 120 Å². The van der Waals surface area contributed by atoms with Crippen LogP contribution < -0.4 is 4.90 Å². The zero-order chi connectivity index (χ0) is 14.8.